The SMILES string of the molecule is CC(C)(C)OC(=O)N1C(=O)OC(=O)[C@H](O[Si](C)(C)C)[C@@H]1c1ccccc1. The highest BCUT2D eigenvalue weighted by Gasteiger charge is 2.50. The Hall–Kier alpha value is -2.19. The van der Waals surface area contributed by atoms with Crippen LogP contribution < -0.4 is 0 Å². The zero-order valence-corrected chi connectivity index (χ0v) is 16.9. The second-order valence-electron chi connectivity index (χ2n) is 8.04. The van der Waals surface area contributed by atoms with Gasteiger partial charge in [0, 0.05) is 0 Å². The maximum absolute atomic E-state index is 12.7. The van der Waals surface area contributed by atoms with E-state index in [0.29, 0.717) is 5.56 Å². The molecule has 1 aliphatic heterocycles. The highest BCUT2D eigenvalue weighted by Crippen LogP contribution is 2.34. The van der Waals surface area contributed by atoms with Crippen molar-refractivity contribution >= 4 is 26.5 Å². The second kappa shape index (κ2) is 7.20. The maximum Gasteiger partial charge on any atom is 0.427 e. The molecular formula is C18H25NO6Si. The number of amides is 2. The van der Waals surface area contributed by atoms with Gasteiger partial charge < -0.3 is 13.9 Å². The van der Waals surface area contributed by atoms with Crippen LogP contribution in [0.3, 0.4) is 0 Å². The topological polar surface area (TPSA) is 82.1 Å². The molecule has 1 aromatic rings. The first-order valence-corrected chi connectivity index (χ1v) is 11.8. The van der Waals surface area contributed by atoms with Crippen molar-refractivity contribution in [3.63, 3.8) is 0 Å². The van der Waals surface area contributed by atoms with Gasteiger partial charge in [-0.05, 0) is 46.0 Å². The Balaban J connectivity index is 2.50. The summed E-state index contributed by atoms with van der Waals surface area (Å²) in [5.74, 6) is -0.800. The molecule has 1 aromatic carbocycles. The van der Waals surface area contributed by atoms with E-state index in [1.165, 1.54) is 0 Å². The van der Waals surface area contributed by atoms with Gasteiger partial charge in [0.25, 0.3) is 0 Å². The molecule has 8 heteroatoms. The Morgan fingerprint density at radius 1 is 1.12 bits per heavy atom. The van der Waals surface area contributed by atoms with Crippen LogP contribution in [0, 0.1) is 0 Å². The summed E-state index contributed by atoms with van der Waals surface area (Å²) in [6.45, 7) is 10.8. The molecule has 0 N–H and O–H groups in total. The molecule has 1 heterocycles. The smallest absolute Gasteiger partial charge is 0.427 e. The summed E-state index contributed by atoms with van der Waals surface area (Å²) < 4.78 is 16.1. The first-order valence-electron chi connectivity index (χ1n) is 8.40. The molecule has 0 aliphatic carbocycles. The number of carbonyl (C=O) groups is 3. The molecule has 142 valence electrons. The lowest BCUT2D eigenvalue weighted by molar-refractivity contribution is -0.156. The highest BCUT2D eigenvalue weighted by molar-refractivity contribution is 6.69. The Morgan fingerprint density at radius 2 is 1.69 bits per heavy atom. The number of ether oxygens (including phenoxy) is 2. The lowest BCUT2D eigenvalue weighted by Gasteiger charge is -2.40. The van der Waals surface area contributed by atoms with Crippen molar-refractivity contribution < 1.29 is 28.3 Å². The molecule has 0 unspecified atom stereocenters. The summed E-state index contributed by atoms with van der Waals surface area (Å²) in [5.41, 5.74) is -0.221. The van der Waals surface area contributed by atoms with Crippen LogP contribution in [0.15, 0.2) is 30.3 Å². The largest absolute Gasteiger partial charge is 0.443 e. The van der Waals surface area contributed by atoms with E-state index in [1.54, 1.807) is 51.1 Å². The van der Waals surface area contributed by atoms with Gasteiger partial charge in [-0.3, -0.25) is 0 Å². The van der Waals surface area contributed by atoms with Gasteiger partial charge in [0.15, 0.2) is 14.4 Å². The summed E-state index contributed by atoms with van der Waals surface area (Å²) in [4.78, 5) is 38.3. The Bertz CT molecular complexity index is 692. The molecule has 0 radical (unpaired) electrons. The lowest BCUT2D eigenvalue weighted by atomic mass is 9.99. The average Bonchev–Trinajstić information content (AvgIpc) is 2.47. The van der Waals surface area contributed by atoms with Crippen LogP contribution in [-0.2, 0) is 18.7 Å². The number of carbonyl (C=O) groups excluding carboxylic acids is 3. The molecule has 2 amide bonds. The van der Waals surface area contributed by atoms with Crippen molar-refractivity contribution in [2.24, 2.45) is 0 Å². The van der Waals surface area contributed by atoms with Gasteiger partial charge in [-0.2, -0.15) is 0 Å². The van der Waals surface area contributed by atoms with E-state index in [9.17, 15) is 14.4 Å². The summed E-state index contributed by atoms with van der Waals surface area (Å²) >= 11 is 0. The number of imide groups is 1. The summed E-state index contributed by atoms with van der Waals surface area (Å²) in [5, 5.41) is 0. The van der Waals surface area contributed by atoms with Gasteiger partial charge in [0.05, 0.1) is 0 Å². The van der Waals surface area contributed by atoms with Gasteiger partial charge in [-0.15, -0.1) is 0 Å². The van der Waals surface area contributed by atoms with Crippen LogP contribution in [0.2, 0.25) is 19.6 Å². The van der Waals surface area contributed by atoms with Crippen molar-refractivity contribution in [2.75, 3.05) is 0 Å². The Morgan fingerprint density at radius 3 is 2.19 bits per heavy atom. The molecule has 1 saturated heterocycles. The second-order valence-corrected chi connectivity index (χ2v) is 12.5. The van der Waals surface area contributed by atoms with Gasteiger partial charge in [-0.25, -0.2) is 19.3 Å². The van der Waals surface area contributed by atoms with E-state index in [-0.39, 0.29) is 0 Å². The van der Waals surface area contributed by atoms with Gasteiger partial charge in [0.2, 0.25) is 0 Å². The fourth-order valence-corrected chi connectivity index (χ4v) is 3.52. The van der Waals surface area contributed by atoms with Crippen molar-refractivity contribution in [3.8, 4) is 0 Å². The van der Waals surface area contributed by atoms with Crippen LogP contribution in [0.4, 0.5) is 9.59 Å². The minimum atomic E-state index is -2.19. The quantitative estimate of drug-likeness (QED) is 0.450. The summed E-state index contributed by atoms with van der Waals surface area (Å²) in [7, 11) is -2.19. The fourth-order valence-electron chi connectivity index (χ4n) is 2.54. The molecule has 2 rings (SSSR count). The number of hydrogen-bond donors (Lipinski definition) is 0. The number of nitrogens with zero attached hydrogens (tertiary/aromatic N) is 1. The van der Waals surface area contributed by atoms with E-state index in [1.807, 2.05) is 19.6 Å². The highest BCUT2D eigenvalue weighted by atomic mass is 28.4. The number of rotatable bonds is 3. The van der Waals surface area contributed by atoms with Gasteiger partial charge in [-0.1, -0.05) is 30.3 Å². The molecule has 7 nitrogen and oxygen atoms in total. The average molecular weight is 379 g/mol. The summed E-state index contributed by atoms with van der Waals surface area (Å²) in [6.07, 6.45) is -3.05. The standard InChI is InChI=1S/C18H25NO6Si/c1-18(2,3)24-17(22)19-13(12-10-8-7-9-11-12)14(25-26(4,5)6)15(20)23-16(19)21/h7-11,13-14H,1-6H3/t13-,14+/m0/s1. The third kappa shape index (κ3) is 4.92. The summed E-state index contributed by atoms with van der Waals surface area (Å²) in [6, 6.07) is 7.84. The zero-order valence-electron chi connectivity index (χ0n) is 15.9. The number of hydrogen-bond acceptors (Lipinski definition) is 6. The fraction of sp³-hybridized carbons (Fsp3) is 0.500. The van der Waals surface area contributed by atoms with Crippen molar-refractivity contribution in [2.45, 2.75) is 58.2 Å². The van der Waals surface area contributed by atoms with E-state index in [4.69, 9.17) is 13.9 Å². The van der Waals surface area contributed by atoms with E-state index >= 15 is 0 Å². The van der Waals surface area contributed by atoms with Crippen LogP contribution in [0.25, 0.3) is 0 Å². The van der Waals surface area contributed by atoms with Crippen LogP contribution in [-0.4, -0.2) is 43.1 Å². The molecule has 0 saturated carbocycles. The lowest BCUT2D eigenvalue weighted by Crippen LogP contribution is -2.57. The van der Waals surface area contributed by atoms with Crippen LogP contribution in [0.1, 0.15) is 32.4 Å². The molecule has 0 spiro atoms. The number of esters is 1. The van der Waals surface area contributed by atoms with Gasteiger partial charge >= 0.3 is 18.2 Å². The predicted molar refractivity (Wildman–Crippen MR) is 97.0 cm³/mol. The predicted octanol–water partition coefficient (Wildman–Crippen LogP) is 3.86. The molecular weight excluding hydrogens is 354 g/mol. The van der Waals surface area contributed by atoms with E-state index in [0.717, 1.165) is 4.90 Å². The zero-order chi connectivity index (χ0) is 19.7. The number of benzene rings is 1. The van der Waals surface area contributed by atoms with E-state index in [2.05, 4.69) is 0 Å². The van der Waals surface area contributed by atoms with Crippen LogP contribution >= 0.6 is 0 Å². The minimum Gasteiger partial charge on any atom is -0.443 e. The minimum absolute atomic E-state index is 0.589. The van der Waals surface area contributed by atoms with Crippen LogP contribution in [0.5, 0.6) is 0 Å². The molecule has 26 heavy (non-hydrogen) atoms. The van der Waals surface area contributed by atoms with Crippen molar-refractivity contribution in [1.82, 2.24) is 4.90 Å². The normalized spacial score (nSPS) is 21.4. The maximum atomic E-state index is 12.7. The van der Waals surface area contributed by atoms with Gasteiger partial charge in [0.1, 0.15) is 11.6 Å². The monoisotopic (exact) mass is 379 g/mol. The molecule has 0 aromatic heterocycles. The number of cyclic esters (lactones) is 2. The van der Waals surface area contributed by atoms with Crippen molar-refractivity contribution in [3.05, 3.63) is 35.9 Å². The third-order valence-corrected chi connectivity index (χ3v) is 4.35. The van der Waals surface area contributed by atoms with Crippen molar-refractivity contribution in [1.29, 1.82) is 0 Å². The van der Waals surface area contributed by atoms with E-state index < -0.39 is 44.2 Å². The molecule has 1 fully saturated rings. The first kappa shape index (κ1) is 20.1. The third-order valence-electron chi connectivity index (χ3n) is 3.39. The Kier molecular flexibility index (Phi) is 5.57. The molecule has 1 aliphatic rings. The molecule has 0 bridgehead atoms. The molecule has 2 atom stereocenters. The Labute approximate surface area is 154 Å². The first-order chi connectivity index (χ1) is 11.9.